The van der Waals surface area contributed by atoms with Crippen LogP contribution in [0.2, 0.25) is 0 Å². The molecule has 2 fully saturated rings. The smallest absolute Gasteiger partial charge is 0.235 e. The normalized spacial score (nSPS) is 25.7. The molecule has 3 rings (SSSR count). The average molecular weight is 242 g/mol. The summed E-state index contributed by atoms with van der Waals surface area (Å²) in [5, 5.41) is 0. The molecule has 1 aliphatic heterocycles. The van der Waals surface area contributed by atoms with Crippen LogP contribution in [0.1, 0.15) is 36.3 Å². The third-order valence-corrected chi connectivity index (χ3v) is 4.27. The van der Waals surface area contributed by atoms with E-state index in [-0.39, 0.29) is 5.54 Å². The van der Waals surface area contributed by atoms with Crippen LogP contribution < -0.4 is 0 Å². The third-order valence-electron chi connectivity index (χ3n) is 4.27. The van der Waals surface area contributed by atoms with Crippen molar-refractivity contribution in [1.82, 2.24) is 4.90 Å². The van der Waals surface area contributed by atoms with Gasteiger partial charge in [-0.05, 0) is 49.9 Å². The highest BCUT2D eigenvalue weighted by molar-refractivity contribution is 5.42. The summed E-state index contributed by atoms with van der Waals surface area (Å²) in [4.78, 5) is 16.9. The molecule has 0 amide bonds. The number of aliphatic imine (C=N–C) groups is 1. The number of carbonyl (C=O) groups excluding carboxylic acids is 1. The van der Waals surface area contributed by atoms with E-state index in [1.165, 1.54) is 24.1 Å². The molecule has 94 valence electrons. The van der Waals surface area contributed by atoms with Crippen molar-refractivity contribution in [3.05, 3.63) is 35.4 Å². The Hall–Kier alpha value is -1.44. The summed E-state index contributed by atoms with van der Waals surface area (Å²) in [6.07, 6.45) is 4.92. The third kappa shape index (κ3) is 2.00. The molecule has 3 heteroatoms. The van der Waals surface area contributed by atoms with Gasteiger partial charge in [-0.2, -0.15) is 4.99 Å². The summed E-state index contributed by atoms with van der Waals surface area (Å²) >= 11 is 0. The number of benzene rings is 1. The van der Waals surface area contributed by atoms with Gasteiger partial charge in [0.05, 0.1) is 5.54 Å². The minimum Gasteiger partial charge on any atom is -0.306 e. The highest BCUT2D eigenvalue weighted by Gasteiger charge is 2.45. The van der Waals surface area contributed by atoms with Gasteiger partial charge in [0, 0.05) is 6.54 Å². The molecule has 1 saturated heterocycles. The van der Waals surface area contributed by atoms with E-state index < -0.39 is 0 Å². The molecule has 1 aromatic carbocycles. The summed E-state index contributed by atoms with van der Waals surface area (Å²) in [6, 6.07) is 8.64. The number of likely N-dealkylation sites (tertiary alicyclic amines) is 1. The molecule has 1 atom stereocenters. The molecule has 3 nitrogen and oxygen atoms in total. The van der Waals surface area contributed by atoms with Crippen LogP contribution in [0.4, 0.5) is 0 Å². The van der Waals surface area contributed by atoms with Crippen molar-refractivity contribution in [3.8, 4) is 0 Å². The van der Waals surface area contributed by atoms with Crippen LogP contribution in [0, 0.1) is 0 Å². The Morgan fingerprint density at radius 1 is 1.44 bits per heavy atom. The van der Waals surface area contributed by atoms with Gasteiger partial charge < -0.3 is 4.90 Å². The van der Waals surface area contributed by atoms with Crippen LogP contribution in [0.15, 0.2) is 29.3 Å². The van der Waals surface area contributed by atoms with Gasteiger partial charge in [-0.15, -0.1) is 0 Å². The van der Waals surface area contributed by atoms with Crippen LogP contribution in [0.3, 0.4) is 0 Å². The molecule has 0 bridgehead atoms. The van der Waals surface area contributed by atoms with Gasteiger partial charge in [-0.1, -0.05) is 24.3 Å². The lowest BCUT2D eigenvalue weighted by Crippen LogP contribution is -2.13. The molecule has 0 N–H and O–H groups in total. The van der Waals surface area contributed by atoms with Crippen molar-refractivity contribution < 1.29 is 4.79 Å². The quantitative estimate of drug-likeness (QED) is 0.602. The van der Waals surface area contributed by atoms with Gasteiger partial charge >= 0.3 is 0 Å². The molecule has 2 aliphatic rings. The molecule has 18 heavy (non-hydrogen) atoms. The van der Waals surface area contributed by atoms with Crippen LogP contribution in [-0.4, -0.2) is 31.1 Å². The molecule has 1 aliphatic carbocycles. The summed E-state index contributed by atoms with van der Waals surface area (Å²) in [5.74, 6) is 0.631. The van der Waals surface area contributed by atoms with E-state index in [0.717, 1.165) is 19.4 Å². The summed E-state index contributed by atoms with van der Waals surface area (Å²) in [6.45, 7) is 2.31. The van der Waals surface area contributed by atoms with Gasteiger partial charge in [0.25, 0.3) is 0 Å². The van der Waals surface area contributed by atoms with Gasteiger partial charge in [-0.25, -0.2) is 4.79 Å². The van der Waals surface area contributed by atoms with E-state index in [0.29, 0.717) is 5.92 Å². The Kier molecular flexibility index (Phi) is 2.81. The van der Waals surface area contributed by atoms with Gasteiger partial charge in [0.1, 0.15) is 0 Å². The summed E-state index contributed by atoms with van der Waals surface area (Å²) in [7, 11) is 2.17. The lowest BCUT2D eigenvalue weighted by Gasteiger charge is -2.14. The first kappa shape index (κ1) is 11.6. The predicted molar refractivity (Wildman–Crippen MR) is 70.3 cm³/mol. The SMILES string of the molecule is CN1CCC(c2cccc(C3(N=C=O)CC3)c2)C1. The fourth-order valence-electron chi connectivity index (χ4n) is 2.96. The van der Waals surface area contributed by atoms with Crippen molar-refractivity contribution >= 4 is 6.08 Å². The molecular weight excluding hydrogens is 224 g/mol. The van der Waals surface area contributed by atoms with Gasteiger partial charge in [0.2, 0.25) is 6.08 Å². The molecule has 0 aromatic heterocycles. The van der Waals surface area contributed by atoms with Crippen LogP contribution >= 0.6 is 0 Å². The van der Waals surface area contributed by atoms with Crippen molar-refractivity contribution in [2.45, 2.75) is 30.7 Å². The van der Waals surface area contributed by atoms with Crippen LogP contribution in [0.25, 0.3) is 0 Å². The topological polar surface area (TPSA) is 32.7 Å². The Labute approximate surface area is 108 Å². The maximum Gasteiger partial charge on any atom is 0.235 e. The van der Waals surface area contributed by atoms with Crippen LogP contribution in [0.5, 0.6) is 0 Å². The minimum absolute atomic E-state index is 0.234. The second-order valence-corrected chi connectivity index (χ2v) is 5.61. The first-order valence-electron chi connectivity index (χ1n) is 6.61. The lowest BCUT2D eigenvalue weighted by atomic mass is 9.94. The molecular formula is C15H18N2O. The second kappa shape index (κ2) is 4.34. The molecule has 0 spiro atoms. The summed E-state index contributed by atoms with van der Waals surface area (Å²) < 4.78 is 0. The minimum atomic E-state index is -0.234. The zero-order valence-electron chi connectivity index (χ0n) is 10.7. The number of likely N-dealkylation sites (N-methyl/N-ethyl adjacent to an activating group) is 1. The van der Waals surface area contributed by atoms with Gasteiger partial charge in [-0.3, -0.25) is 0 Å². The zero-order chi connectivity index (χ0) is 12.6. The lowest BCUT2D eigenvalue weighted by molar-refractivity contribution is 0.411. The monoisotopic (exact) mass is 242 g/mol. The molecule has 1 heterocycles. The van der Waals surface area contributed by atoms with E-state index >= 15 is 0 Å². The first-order chi connectivity index (χ1) is 8.73. The fraction of sp³-hybridized carbons (Fsp3) is 0.533. The number of nitrogens with zero attached hydrogens (tertiary/aromatic N) is 2. The average Bonchev–Trinajstić information content (AvgIpc) is 3.04. The Balaban J connectivity index is 1.88. The Morgan fingerprint density at radius 3 is 2.89 bits per heavy atom. The number of isocyanates is 1. The van der Waals surface area contributed by atoms with E-state index in [1.54, 1.807) is 6.08 Å². The van der Waals surface area contributed by atoms with Gasteiger partial charge in [0.15, 0.2) is 0 Å². The Bertz CT molecular complexity index is 501. The van der Waals surface area contributed by atoms with E-state index in [9.17, 15) is 4.79 Å². The van der Waals surface area contributed by atoms with E-state index in [1.807, 2.05) is 0 Å². The van der Waals surface area contributed by atoms with E-state index in [2.05, 4.69) is 41.2 Å². The van der Waals surface area contributed by atoms with E-state index in [4.69, 9.17) is 0 Å². The number of hydrogen-bond donors (Lipinski definition) is 0. The highest BCUT2D eigenvalue weighted by atomic mass is 16.1. The zero-order valence-corrected chi connectivity index (χ0v) is 10.7. The number of rotatable bonds is 3. The van der Waals surface area contributed by atoms with Crippen molar-refractivity contribution in [3.63, 3.8) is 0 Å². The maximum absolute atomic E-state index is 10.5. The molecule has 1 aromatic rings. The molecule has 1 saturated carbocycles. The number of hydrogen-bond acceptors (Lipinski definition) is 3. The molecule has 0 radical (unpaired) electrons. The van der Waals surface area contributed by atoms with Crippen molar-refractivity contribution in [2.24, 2.45) is 4.99 Å². The molecule has 1 unspecified atom stereocenters. The highest BCUT2D eigenvalue weighted by Crippen LogP contribution is 2.49. The standard InChI is InChI=1S/C15H18N2O/c1-17-8-5-13(10-17)12-3-2-4-14(9-12)15(6-7-15)16-11-18/h2-4,9,13H,5-8,10H2,1H3. The summed E-state index contributed by atoms with van der Waals surface area (Å²) in [5.41, 5.74) is 2.35. The van der Waals surface area contributed by atoms with Crippen molar-refractivity contribution in [1.29, 1.82) is 0 Å². The first-order valence-corrected chi connectivity index (χ1v) is 6.61. The Morgan fingerprint density at radius 2 is 2.28 bits per heavy atom. The predicted octanol–water partition coefficient (Wildman–Crippen LogP) is 2.43. The largest absolute Gasteiger partial charge is 0.306 e. The fourth-order valence-corrected chi connectivity index (χ4v) is 2.96. The van der Waals surface area contributed by atoms with Crippen molar-refractivity contribution in [2.75, 3.05) is 20.1 Å². The second-order valence-electron chi connectivity index (χ2n) is 5.61. The van der Waals surface area contributed by atoms with Crippen LogP contribution in [-0.2, 0) is 10.3 Å². The maximum atomic E-state index is 10.5.